The number of aliphatic hydroxyl groups excluding tert-OH is 1. The normalized spacial score (nSPS) is 18.2. The molecule has 1 fully saturated rings. The summed E-state index contributed by atoms with van der Waals surface area (Å²) >= 11 is 3.40. The smallest absolute Gasteiger partial charge is 0.133 e. The van der Waals surface area contributed by atoms with Gasteiger partial charge in [-0.15, -0.1) is 0 Å². The van der Waals surface area contributed by atoms with Crippen molar-refractivity contribution in [2.24, 2.45) is 0 Å². The predicted octanol–water partition coefficient (Wildman–Crippen LogP) is 2.38. The maximum atomic E-state index is 9.84. The van der Waals surface area contributed by atoms with Gasteiger partial charge in [-0.1, -0.05) is 12.1 Å². The molecule has 1 aromatic carbocycles. The fourth-order valence-corrected chi connectivity index (χ4v) is 2.28. The van der Waals surface area contributed by atoms with Gasteiger partial charge < -0.3 is 19.3 Å². The van der Waals surface area contributed by atoms with Gasteiger partial charge in [0.25, 0.3) is 0 Å². The Labute approximate surface area is 121 Å². The summed E-state index contributed by atoms with van der Waals surface area (Å²) in [6.45, 7) is 2.02. The molecule has 5 heteroatoms. The third-order valence-electron chi connectivity index (χ3n) is 2.96. The highest BCUT2D eigenvalue weighted by atomic mass is 79.9. The molecule has 0 radical (unpaired) electrons. The monoisotopic (exact) mass is 330 g/mol. The van der Waals surface area contributed by atoms with E-state index in [0.717, 1.165) is 36.3 Å². The van der Waals surface area contributed by atoms with Crippen molar-refractivity contribution in [2.45, 2.75) is 25.0 Å². The van der Waals surface area contributed by atoms with Crippen LogP contribution in [0.5, 0.6) is 5.75 Å². The Hall–Kier alpha value is -0.620. The minimum Gasteiger partial charge on any atom is -0.490 e. The number of hydrogen-bond donors (Lipinski definition) is 1. The lowest BCUT2D eigenvalue weighted by Crippen LogP contribution is -2.30. The van der Waals surface area contributed by atoms with Gasteiger partial charge in [-0.25, -0.2) is 0 Å². The number of rotatable bonds is 6. The van der Waals surface area contributed by atoms with Crippen LogP contribution in [-0.2, 0) is 9.47 Å². The standard InChI is InChI=1S/C14H19BrO4/c15-13-3-1-2-4-14(13)19-10-11(16)9-18-12-5-7-17-8-6-12/h1-4,11-12,16H,5-10H2. The third kappa shape index (κ3) is 5.10. The third-order valence-corrected chi connectivity index (χ3v) is 3.62. The first-order valence-electron chi connectivity index (χ1n) is 6.50. The van der Waals surface area contributed by atoms with Gasteiger partial charge in [-0.3, -0.25) is 0 Å². The van der Waals surface area contributed by atoms with Crippen LogP contribution in [-0.4, -0.2) is 43.7 Å². The van der Waals surface area contributed by atoms with E-state index in [4.69, 9.17) is 14.2 Å². The minimum absolute atomic E-state index is 0.201. The summed E-state index contributed by atoms with van der Waals surface area (Å²) in [5, 5.41) is 9.84. The zero-order valence-corrected chi connectivity index (χ0v) is 12.3. The second-order valence-electron chi connectivity index (χ2n) is 4.54. The van der Waals surface area contributed by atoms with Gasteiger partial charge in [0.05, 0.1) is 17.2 Å². The Balaban J connectivity index is 1.66. The van der Waals surface area contributed by atoms with E-state index in [0.29, 0.717) is 6.61 Å². The lowest BCUT2D eigenvalue weighted by Gasteiger charge is -2.23. The number of halogens is 1. The van der Waals surface area contributed by atoms with Gasteiger partial charge in [-0.05, 0) is 40.9 Å². The van der Waals surface area contributed by atoms with Crippen molar-refractivity contribution >= 4 is 15.9 Å². The molecular weight excluding hydrogens is 312 g/mol. The van der Waals surface area contributed by atoms with Crippen molar-refractivity contribution < 1.29 is 19.3 Å². The van der Waals surface area contributed by atoms with Crippen molar-refractivity contribution in [1.82, 2.24) is 0 Å². The molecule has 1 aliphatic rings. The van der Waals surface area contributed by atoms with Gasteiger partial charge in [0.2, 0.25) is 0 Å². The fourth-order valence-electron chi connectivity index (χ4n) is 1.89. The molecule has 1 unspecified atom stereocenters. The average molecular weight is 331 g/mol. The summed E-state index contributed by atoms with van der Waals surface area (Å²) in [7, 11) is 0. The van der Waals surface area contributed by atoms with E-state index in [9.17, 15) is 5.11 Å². The summed E-state index contributed by atoms with van der Waals surface area (Å²) < 4.78 is 17.3. The predicted molar refractivity (Wildman–Crippen MR) is 75.4 cm³/mol. The molecule has 0 spiro atoms. The first kappa shape index (κ1) is 14.8. The van der Waals surface area contributed by atoms with E-state index in [-0.39, 0.29) is 12.7 Å². The van der Waals surface area contributed by atoms with E-state index in [1.807, 2.05) is 24.3 Å². The molecule has 1 aromatic rings. The molecule has 1 saturated heterocycles. The maximum absolute atomic E-state index is 9.84. The van der Waals surface area contributed by atoms with Crippen molar-refractivity contribution in [1.29, 1.82) is 0 Å². The molecule has 1 atom stereocenters. The van der Waals surface area contributed by atoms with Crippen LogP contribution in [0.25, 0.3) is 0 Å². The van der Waals surface area contributed by atoms with E-state index in [2.05, 4.69) is 15.9 Å². The van der Waals surface area contributed by atoms with Crippen LogP contribution >= 0.6 is 15.9 Å². The highest BCUT2D eigenvalue weighted by Crippen LogP contribution is 2.23. The molecule has 0 saturated carbocycles. The first-order valence-corrected chi connectivity index (χ1v) is 7.30. The molecule has 0 amide bonds. The Morgan fingerprint density at radius 1 is 1.26 bits per heavy atom. The van der Waals surface area contributed by atoms with E-state index >= 15 is 0 Å². The highest BCUT2D eigenvalue weighted by Gasteiger charge is 2.16. The van der Waals surface area contributed by atoms with Gasteiger partial charge in [0.15, 0.2) is 0 Å². The van der Waals surface area contributed by atoms with Crippen LogP contribution in [0.2, 0.25) is 0 Å². The number of ether oxygens (including phenoxy) is 3. The maximum Gasteiger partial charge on any atom is 0.133 e. The molecule has 1 heterocycles. The summed E-state index contributed by atoms with van der Waals surface area (Å²) in [5.41, 5.74) is 0. The van der Waals surface area contributed by atoms with Crippen LogP contribution in [0.4, 0.5) is 0 Å². The molecular formula is C14H19BrO4. The van der Waals surface area contributed by atoms with Gasteiger partial charge >= 0.3 is 0 Å². The second kappa shape index (κ2) is 7.85. The summed E-state index contributed by atoms with van der Waals surface area (Å²) in [6.07, 6.45) is 1.39. The molecule has 106 valence electrons. The summed E-state index contributed by atoms with van der Waals surface area (Å²) in [5.74, 6) is 0.729. The fraction of sp³-hybridized carbons (Fsp3) is 0.571. The Kier molecular flexibility index (Phi) is 6.10. The molecule has 1 N–H and O–H groups in total. The molecule has 0 aliphatic carbocycles. The van der Waals surface area contributed by atoms with Crippen LogP contribution in [0.1, 0.15) is 12.8 Å². The minimum atomic E-state index is -0.616. The number of benzene rings is 1. The van der Waals surface area contributed by atoms with Gasteiger partial charge in [0.1, 0.15) is 18.5 Å². The SMILES string of the molecule is OC(COc1ccccc1Br)COC1CCOCC1. The number of para-hydroxylation sites is 1. The van der Waals surface area contributed by atoms with Crippen molar-refractivity contribution in [2.75, 3.05) is 26.4 Å². The van der Waals surface area contributed by atoms with E-state index in [1.165, 1.54) is 0 Å². The molecule has 1 aliphatic heterocycles. The van der Waals surface area contributed by atoms with Crippen LogP contribution in [0.15, 0.2) is 28.7 Å². The van der Waals surface area contributed by atoms with E-state index in [1.54, 1.807) is 0 Å². The van der Waals surface area contributed by atoms with Crippen molar-refractivity contribution in [3.8, 4) is 5.75 Å². The first-order chi connectivity index (χ1) is 9.25. The second-order valence-corrected chi connectivity index (χ2v) is 5.39. The largest absolute Gasteiger partial charge is 0.490 e. The molecule has 0 aromatic heterocycles. The molecule has 4 nitrogen and oxygen atoms in total. The lowest BCUT2D eigenvalue weighted by molar-refractivity contribution is -0.0659. The molecule has 2 rings (SSSR count). The zero-order valence-electron chi connectivity index (χ0n) is 10.8. The Morgan fingerprint density at radius 2 is 2.00 bits per heavy atom. The van der Waals surface area contributed by atoms with Crippen molar-refractivity contribution in [3.63, 3.8) is 0 Å². The van der Waals surface area contributed by atoms with E-state index < -0.39 is 6.10 Å². The molecule has 19 heavy (non-hydrogen) atoms. The Bertz CT molecular complexity index is 379. The average Bonchev–Trinajstić information content (AvgIpc) is 2.45. The van der Waals surface area contributed by atoms with Crippen LogP contribution in [0, 0.1) is 0 Å². The van der Waals surface area contributed by atoms with Crippen LogP contribution < -0.4 is 4.74 Å². The van der Waals surface area contributed by atoms with Crippen LogP contribution in [0.3, 0.4) is 0 Å². The molecule has 0 bridgehead atoms. The summed E-state index contributed by atoms with van der Waals surface area (Å²) in [4.78, 5) is 0. The lowest BCUT2D eigenvalue weighted by atomic mass is 10.1. The Morgan fingerprint density at radius 3 is 2.74 bits per heavy atom. The van der Waals surface area contributed by atoms with Gasteiger partial charge in [-0.2, -0.15) is 0 Å². The quantitative estimate of drug-likeness (QED) is 0.870. The van der Waals surface area contributed by atoms with Gasteiger partial charge in [0, 0.05) is 13.2 Å². The zero-order chi connectivity index (χ0) is 13.5. The topological polar surface area (TPSA) is 47.9 Å². The highest BCUT2D eigenvalue weighted by molar-refractivity contribution is 9.10. The summed E-state index contributed by atoms with van der Waals surface area (Å²) in [6, 6.07) is 7.57. The van der Waals surface area contributed by atoms with Crippen molar-refractivity contribution in [3.05, 3.63) is 28.7 Å². The number of hydrogen-bond acceptors (Lipinski definition) is 4. The number of aliphatic hydroxyl groups is 1.